The van der Waals surface area contributed by atoms with Crippen LogP contribution in [-0.2, 0) is 16.8 Å². The third-order valence-corrected chi connectivity index (χ3v) is 0. The molecule has 0 aromatic carbocycles. The van der Waals surface area contributed by atoms with Gasteiger partial charge in [0.15, 0.2) is 0 Å². The summed E-state index contributed by atoms with van der Waals surface area (Å²) in [6, 6.07) is 0. The molecular weight excluding hydrogens is 240 g/mol. The van der Waals surface area contributed by atoms with Gasteiger partial charge in [0.25, 0.3) is 0 Å². The van der Waals surface area contributed by atoms with E-state index >= 15 is 0 Å². The Labute approximate surface area is 60.3 Å². The molecule has 0 saturated carbocycles. The Bertz CT molecular complexity index is 6.00. The van der Waals surface area contributed by atoms with Gasteiger partial charge in [-0.1, -0.05) is 0 Å². The maximum Gasteiger partial charge on any atom is 4.00 e. The van der Waals surface area contributed by atoms with Gasteiger partial charge in [0.2, 0.25) is 0 Å². The van der Waals surface area contributed by atoms with E-state index in [4.69, 9.17) is 0 Å². The Kier molecular flexibility index (Phi) is 168. The first-order valence-electron chi connectivity index (χ1n) is 0. The SMILES string of the molecule is [Co+2].[P-3].[P-3].[Sn+4]. The van der Waals surface area contributed by atoms with Crippen LogP contribution in [0.15, 0.2) is 0 Å². The van der Waals surface area contributed by atoms with Crippen molar-refractivity contribution < 1.29 is 16.8 Å². The molecular formula is CoP2Sn. The molecule has 0 aliphatic carbocycles. The smallest absolute Gasteiger partial charge is 3.00 e. The molecule has 1 radical (unpaired) electrons. The van der Waals surface area contributed by atoms with Crippen molar-refractivity contribution in [2.45, 2.75) is 0 Å². The molecule has 0 aromatic heterocycles. The van der Waals surface area contributed by atoms with Crippen LogP contribution in [0.4, 0.5) is 0 Å². The van der Waals surface area contributed by atoms with Gasteiger partial charge in [0.05, 0.1) is 0 Å². The molecule has 0 rings (SSSR count). The van der Waals surface area contributed by atoms with Crippen molar-refractivity contribution in [3.05, 3.63) is 0 Å². The van der Waals surface area contributed by atoms with E-state index < -0.39 is 0 Å². The van der Waals surface area contributed by atoms with Crippen LogP contribution < -0.4 is 0 Å². The molecule has 0 heterocycles. The normalized spacial score (nSPS) is 0. The molecule has 4 heteroatoms. The molecule has 23 valence electrons. The first-order valence-corrected chi connectivity index (χ1v) is 0. The van der Waals surface area contributed by atoms with Crippen molar-refractivity contribution in [1.29, 1.82) is 0 Å². The largest absolute Gasteiger partial charge is 4.00 e. The summed E-state index contributed by atoms with van der Waals surface area (Å²) in [4.78, 5) is 0. The van der Waals surface area contributed by atoms with E-state index in [1.54, 1.807) is 0 Å². The fraction of sp³-hybridized carbons (Fsp3) is 0. The second kappa shape index (κ2) is 19.1. The summed E-state index contributed by atoms with van der Waals surface area (Å²) >= 11 is 0. The summed E-state index contributed by atoms with van der Waals surface area (Å²) in [5, 5.41) is 0. The van der Waals surface area contributed by atoms with Crippen LogP contribution in [0.5, 0.6) is 0 Å². The van der Waals surface area contributed by atoms with Crippen LogP contribution in [0.25, 0.3) is 0 Å². The van der Waals surface area contributed by atoms with Gasteiger partial charge in [-0.2, -0.15) is 0 Å². The first kappa shape index (κ1) is 35.1. The van der Waals surface area contributed by atoms with E-state index in [1.807, 2.05) is 0 Å². The zero-order valence-corrected chi connectivity index (χ0v) is 7.41. The topological polar surface area (TPSA) is 0 Å². The Hall–Kier alpha value is 2.17. The van der Waals surface area contributed by atoms with Gasteiger partial charge < -0.3 is 19.8 Å². The molecule has 0 amide bonds. The molecule has 0 fully saturated rings. The Morgan fingerprint density at radius 2 is 0.750 bits per heavy atom. The number of hydrogen-bond acceptors (Lipinski definition) is 0. The van der Waals surface area contributed by atoms with Gasteiger partial charge in [-0.3, -0.25) is 0 Å². The predicted molar refractivity (Wildman–Crippen MR) is 19.6 cm³/mol. The van der Waals surface area contributed by atoms with Gasteiger partial charge in [-0.25, -0.2) is 0 Å². The summed E-state index contributed by atoms with van der Waals surface area (Å²) in [6.07, 6.45) is 0. The van der Waals surface area contributed by atoms with Crippen LogP contribution >= 0.6 is 19.8 Å². The van der Waals surface area contributed by atoms with Crippen molar-refractivity contribution >= 4 is 43.7 Å². The van der Waals surface area contributed by atoms with E-state index in [1.165, 1.54) is 0 Å². The third-order valence-electron chi connectivity index (χ3n) is 0. The van der Waals surface area contributed by atoms with Crippen molar-refractivity contribution in [1.82, 2.24) is 0 Å². The van der Waals surface area contributed by atoms with Crippen LogP contribution in [0.3, 0.4) is 0 Å². The zero-order chi connectivity index (χ0) is 0. The zero-order valence-electron chi connectivity index (χ0n) is 1.73. The summed E-state index contributed by atoms with van der Waals surface area (Å²) in [5.41, 5.74) is 0. The van der Waals surface area contributed by atoms with E-state index in [0.29, 0.717) is 0 Å². The molecule has 4 heavy (non-hydrogen) atoms. The van der Waals surface area contributed by atoms with Crippen LogP contribution in [-0.4, -0.2) is 23.9 Å². The molecule has 0 aliphatic rings. The molecule has 0 nitrogen and oxygen atoms in total. The first-order chi connectivity index (χ1) is 0. The van der Waals surface area contributed by atoms with Gasteiger partial charge in [0.1, 0.15) is 0 Å². The molecule has 0 aromatic rings. The minimum Gasteiger partial charge on any atom is -3.00 e. The summed E-state index contributed by atoms with van der Waals surface area (Å²) in [5.74, 6) is 0. The second-order valence-corrected chi connectivity index (χ2v) is 0. The molecule has 0 N–H and O–H groups in total. The minimum absolute atomic E-state index is 0. The van der Waals surface area contributed by atoms with E-state index in [2.05, 4.69) is 0 Å². The summed E-state index contributed by atoms with van der Waals surface area (Å²) in [7, 11) is 0. The van der Waals surface area contributed by atoms with E-state index in [-0.39, 0.29) is 60.5 Å². The second-order valence-electron chi connectivity index (χ2n) is 0. The minimum atomic E-state index is 0. The van der Waals surface area contributed by atoms with Crippen LogP contribution in [0, 0.1) is 0 Å². The fourth-order valence-corrected chi connectivity index (χ4v) is 0. The average Bonchev–Trinajstić information content (AvgIpc) is 0. The van der Waals surface area contributed by atoms with Crippen LogP contribution in [0.2, 0.25) is 0 Å². The quantitative estimate of drug-likeness (QED) is 0.442. The summed E-state index contributed by atoms with van der Waals surface area (Å²) in [6.45, 7) is 0. The van der Waals surface area contributed by atoms with Crippen LogP contribution in [0.1, 0.15) is 0 Å². The maximum atomic E-state index is 0. The average molecular weight is 240 g/mol. The summed E-state index contributed by atoms with van der Waals surface area (Å²) < 4.78 is 0. The molecule has 0 spiro atoms. The fourth-order valence-electron chi connectivity index (χ4n) is 0. The van der Waals surface area contributed by atoms with Gasteiger partial charge in [-0.05, 0) is 0 Å². The van der Waals surface area contributed by atoms with Gasteiger partial charge in [-0.15, -0.1) is 0 Å². The van der Waals surface area contributed by atoms with Crippen molar-refractivity contribution in [3.8, 4) is 0 Å². The Morgan fingerprint density at radius 1 is 0.750 bits per heavy atom. The standard InChI is InChI=1S/Co.2P.Sn/q+2;2*-3;+4. The van der Waals surface area contributed by atoms with Crippen molar-refractivity contribution in [3.63, 3.8) is 0 Å². The predicted octanol–water partition coefficient (Wildman–Crippen LogP) is 1.34. The van der Waals surface area contributed by atoms with E-state index in [0.717, 1.165) is 0 Å². The van der Waals surface area contributed by atoms with Gasteiger partial charge >= 0.3 is 40.7 Å². The molecule has 0 atom stereocenters. The molecule has 0 unspecified atom stereocenters. The van der Waals surface area contributed by atoms with Gasteiger partial charge in [0, 0.05) is 0 Å². The van der Waals surface area contributed by atoms with E-state index in [9.17, 15) is 0 Å². The third kappa shape index (κ3) is 8.90. The Balaban J connectivity index is 0. The van der Waals surface area contributed by atoms with Crippen molar-refractivity contribution in [2.24, 2.45) is 0 Å². The Morgan fingerprint density at radius 3 is 0.750 bits per heavy atom. The number of hydrogen-bond donors (Lipinski definition) is 0. The molecule has 0 bridgehead atoms. The number of rotatable bonds is 0. The molecule has 0 aliphatic heterocycles. The maximum absolute atomic E-state index is 0. The monoisotopic (exact) mass is 241 g/mol. The molecule has 0 saturated heterocycles. The van der Waals surface area contributed by atoms with Crippen molar-refractivity contribution in [2.75, 3.05) is 0 Å².